The van der Waals surface area contributed by atoms with Gasteiger partial charge in [0.1, 0.15) is 51.6 Å². The number of phenolic OH excluding ortho intramolecular Hbond substituents is 4. The first kappa shape index (κ1) is 79.4. The van der Waals surface area contributed by atoms with Gasteiger partial charge in [-0.2, -0.15) is 0 Å². The molecule has 8 nitrogen and oxygen atoms in total. The van der Waals surface area contributed by atoms with Crippen molar-refractivity contribution in [1.29, 1.82) is 0 Å². The molecule has 0 aromatic heterocycles. The minimum absolute atomic E-state index is 0.0957. The molecule has 0 spiro atoms. The van der Waals surface area contributed by atoms with Gasteiger partial charge in [-0.15, -0.1) is 0 Å². The molecular weight excluding hydrogens is 1390 g/mol. The Labute approximate surface area is 616 Å². The third-order valence-corrected chi connectivity index (χ3v) is 36.3. The molecule has 4 N–H and O–H groups in total. The summed E-state index contributed by atoms with van der Waals surface area (Å²) in [6.45, 7) is 8.83. The highest BCUT2D eigenvalue weighted by molar-refractivity contribution is 8.01. The molecule has 4 atom stereocenters. The summed E-state index contributed by atoms with van der Waals surface area (Å²) in [7, 11) is -12.6. The molecule has 0 unspecified atom stereocenters. The van der Waals surface area contributed by atoms with Crippen LogP contribution >= 0.6 is 75.6 Å². The lowest BCUT2D eigenvalue weighted by Crippen LogP contribution is -2.10. The highest BCUT2D eigenvalue weighted by atomic mass is 32.2. The Balaban J connectivity index is 1.25. The molecule has 1 aliphatic heterocycles. The van der Waals surface area contributed by atoms with Gasteiger partial charge < -0.3 is 38.7 Å². The Morgan fingerprint density at radius 1 is 0.240 bits per heavy atom. The van der Waals surface area contributed by atoms with E-state index in [1.54, 1.807) is 0 Å². The van der Waals surface area contributed by atoms with Gasteiger partial charge in [-0.3, -0.25) is 0 Å². The second-order valence-electron chi connectivity index (χ2n) is 27.7. The van der Waals surface area contributed by atoms with Crippen LogP contribution in [-0.2, 0) is 42.9 Å². The molecule has 8 bridgehead atoms. The molecule has 0 saturated heterocycles. The maximum Gasteiger partial charge on any atom is 0.143 e. The normalized spacial score (nSPS) is 14.8. The van der Waals surface area contributed by atoms with Crippen molar-refractivity contribution in [1.82, 2.24) is 0 Å². The van der Waals surface area contributed by atoms with E-state index in [2.05, 4.69) is 27.7 Å². The lowest BCUT2D eigenvalue weighted by atomic mass is 10.1. The number of rotatable bonds is 40. The quantitative estimate of drug-likeness (QED) is 0.0214. The summed E-state index contributed by atoms with van der Waals surface area (Å²) in [6.07, 6.45) is 27.7. The number of hydrogen-bond donors (Lipinski definition) is 4. The van der Waals surface area contributed by atoms with E-state index in [1.807, 2.05) is 170 Å². The van der Waals surface area contributed by atoms with Gasteiger partial charge in [-0.1, -0.05) is 324 Å². The SMILES string of the molecule is CCCCCCCC[P@@](=O)(Cc1cc2c(O)c(c1)Sc1cc(C[P@@](=O)(CCCCCCCC)c3ccccc3)cc(c1O)Sc1cc(C[P@@](=O)(CCCCCCCC)c3ccccc3)cc(c1O)Sc1cc(C[P@@](=O)(CCCCCCCC)c3ccccc3)cc(c1O)S2)c1ccccc1. The van der Waals surface area contributed by atoms with E-state index in [-0.39, 0.29) is 47.6 Å². The Bertz CT molecular complexity index is 3460. The lowest BCUT2D eigenvalue weighted by Gasteiger charge is -2.23. The van der Waals surface area contributed by atoms with Crippen molar-refractivity contribution in [2.24, 2.45) is 0 Å². The fourth-order valence-corrected chi connectivity index (χ4v) is 29.6. The minimum Gasteiger partial charge on any atom is -0.506 e. The van der Waals surface area contributed by atoms with Crippen molar-refractivity contribution in [3.05, 3.63) is 192 Å². The first-order valence-electron chi connectivity index (χ1n) is 37.2. The number of hydrogen-bond acceptors (Lipinski definition) is 12. The molecule has 9 rings (SSSR count). The van der Waals surface area contributed by atoms with Crippen LogP contribution in [0.15, 0.2) is 209 Å². The summed E-state index contributed by atoms with van der Waals surface area (Å²) in [6, 6.07) is 54.2. The zero-order chi connectivity index (χ0) is 70.8. The highest BCUT2D eigenvalue weighted by Gasteiger charge is 2.33. The van der Waals surface area contributed by atoms with E-state index in [0.29, 0.717) is 86.1 Å². The van der Waals surface area contributed by atoms with Crippen molar-refractivity contribution in [2.75, 3.05) is 24.6 Å². The molecule has 1 heterocycles. The minimum atomic E-state index is -3.16. The van der Waals surface area contributed by atoms with Gasteiger partial charge in [0.2, 0.25) is 0 Å². The summed E-state index contributed by atoms with van der Waals surface area (Å²) in [5.41, 5.74) is 2.87. The number of aromatic hydroxyl groups is 4. The third kappa shape index (κ3) is 22.6. The van der Waals surface area contributed by atoms with Crippen LogP contribution in [0.5, 0.6) is 23.0 Å². The zero-order valence-electron chi connectivity index (χ0n) is 59.6. The molecule has 0 amide bonds. The number of phenols is 4. The summed E-state index contributed by atoms with van der Waals surface area (Å²) in [5, 5.41) is 55.4. The molecule has 0 saturated carbocycles. The molecule has 8 aromatic rings. The second-order valence-corrected chi connectivity index (χ2v) is 44.2. The van der Waals surface area contributed by atoms with Crippen LogP contribution in [-0.4, -0.2) is 45.1 Å². The first-order chi connectivity index (χ1) is 48.5. The van der Waals surface area contributed by atoms with Gasteiger partial charge >= 0.3 is 0 Å². The van der Waals surface area contributed by atoms with Crippen LogP contribution in [0.25, 0.3) is 0 Å². The Hall–Kier alpha value is -4.72. The van der Waals surface area contributed by atoms with E-state index in [1.165, 1.54) is 47.0 Å². The largest absolute Gasteiger partial charge is 0.506 e. The molecule has 1 aliphatic rings. The third-order valence-electron chi connectivity index (χ3n) is 19.4. The van der Waals surface area contributed by atoms with Gasteiger partial charge in [0, 0.05) is 70.5 Å². The predicted octanol–water partition coefficient (Wildman–Crippen LogP) is 25.6. The van der Waals surface area contributed by atoms with Gasteiger partial charge in [0.05, 0.1) is 39.2 Å². The molecule has 0 radical (unpaired) electrons. The summed E-state index contributed by atoms with van der Waals surface area (Å²) < 4.78 is 64.0. The Morgan fingerprint density at radius 3 is 0.570 bits per heavy atom. The van der Waals surface area contributed by atoms with Crippen molar-refractivity contribution in [3.8, 4) is 23.0 Å². The summed E-state index contributed by atoms with van der Waals surface area (Å²) >= 11 is 4.71. The van der Waals surface area contributed by atoms with E-state index in [0.717, 1.165) is 175 Å². The topological polar surface area (TPSA) is 149 Å². The fourth-order valence-electron chi connectivity index (χ4n) is 13.8. The second kappa shape index (κ2) is 40.0. The predicted molar refractivity (Wildman–Crippen MR) is 431 cm³/mol. The number of fused-ring (bicyclic) bond motifs is 8. The average molecular weight is 1500 g/mol. The molecule has 8 aromatic carbocycles. The first-order valence-corrected chi connectivity index (χ1v) is 48.8. The van der Waals surface area contributed by atoms with Crippen molar-refractivity contribution < 1.29 is 38.7 Å². The Morgan fingerprint density at radius 2 is 0.400 bits per heavy atom. The molecule has 0 aliphatic carbocycles. The molecule has 536 valence electrons. The van der Waals surface area contributed by atoms with E-state index >= 15 is 18.3 Å². The van der Waals surface area contributed by atoms with Crippen LogP contribution in [0.4, 0.5) is 0 Å². The maximum absolute atomic E-state index is 16.0. The van der Waals surface area contributed by atoms with Crippen molar-refractivity contribution in [2.45, 2.75) is 246 Å². The smallest absolute Gasteiger partial charge is 0.143 e. The lowest BCUT2D eigenvalue weighted by molar-refractivity contribution is 0.443. The van der Waals surface area contributed by atoms with Crippen LogP contribution < -0.4 is 21.2 Å². The van der Waals surface area contributed by atoms with E-state index in [4.69, 9.17) is 0 Å². The van der Waals surface area contributed by atoms with Gasteiger partial charge in [-0.05, 0) is 96.5 Å². The fraction of sp³-hybridized carbons (Fsp3) is 0.429. The van der Waals surface area contributed by atoms with Crippen LogP contribution in [0.3, 0.4) is 0 Å². The van der Waals surface area contributed by atoms with Gasteiger partial charge in [0.15, 0.2) is 0 Å². The van der Waals surface area contributed by atoms with Crippen LogP contribution in [0, 0.1) is 0 Å². The number of unbranched alkanes of at least 4 members (excludes halogenated alkanes) is 20. The standard InChI is InChI=1S/C84H108O8P4S4/c1-5-9-13-17-21-37-49-93(89,69-41-29-25-30-42-69)61-65-53-73-81(85)74(54-65)98-76-56-67(63-95(91,71-45-33-27-34-46-71)51-39-23-19-15-11-7-3)58-78(83(76)87)100-80-60-68(64-96(92,72-47-35-28-36-48-72)52-40-24-20-16-12-8-4)59-79(84(80)88)99-77-57-66(55-75(97-73)82(77)86)62-94(90,70-43-31-26-32-44-70)50-38-22-18-14-10-6-2/h25-36,41-48,53-60,85-88H,5-24,37-40,49-52,61-64H2,1-4H3/t93-,94-,95-,96+/m0/s1. The molecule has 0 fully saturated rings. The Kier molecular flexibility index (Phi) is 31.7. The molecular formula is C84H108O8P4S4. The van der Waals surface area contributed by atoms with Gasteiger partial charge in [-0.25, -0.2) is 0 Å². The average Bonchev–Trinajstić information content (AvgIpc) is 0.773. The van der Waals surface area contributed by atoms with Gasteiger partial charge in [0.25, 0.3) is 0 Å². The van der Waals surface area contributed by atoms with E-state index in [9.17, 15) is 20.4 Å². The highest BCUT2D eigenvalue weighted by Crippen LogP contribution is 2.59. The summed E-state index contributed by atoms with van der Waals surface area (Å²) in [4.78, 5) is 3.11. The maximum atomic E-state index is 16.0. The monoisotopic (exact) mass is 1500 g/mol. The molecule has 100 heavy (non-hydrogen) atoms. The summed E-state index contributed by atoms with van der Waals surface area (Å²) in [5.74, 6) is -0.383. The zero-order valence-corrected chi connectivity index (χ0v) is 66.5. The van der Waals surface area contributed by atoms with Crippen LogP contribution in [0.1, 0.15) is 204 Å². The number of benzene rings is 8. The molecule has 16 heteroatoms. The van der Waals surface area contributed by atoms with Crippen molar-refractivity contribution >= 4 is 96.8 Å². The van der Waals surface area contributed by atoms with E-state index < -0.39 is 28.6 Å². The van der Waals surface area contributed by atoms with Crippen LogP contribution in [0.2, 0.25) is 0 Å². The van der Waals surface area contributed by atoms with Crippen molar-refractivity contribution in [3.63, 3.8) is 0 Å².